The quantitative estimate of drug-likeness (QED) is 0.715. The van der Waals surface area contributed by atoms with E-state index in [4.69, 9.17) is 0 Å². The molecule has 0 heterocycles. The summed E-state index contributed by atoms with van der Waals surface area (Å²) in [5.41, 5.74) is 0. The van der Waals surface area contributed by atoms with E-state index in [1.54, 1.807) is 28.1 Å². The van der Waals surface area contributed by atoms with Crippen LogP contribution in [0.3, 0.4) is 0 Å². The Morgan fingerprint density at radius 2 is 1.84 bits per heavy atom. The van der Waals surface area contributed by atoms with Gasteiger partial charge in [0.1, 0.15) is 6.04 Å². The molecule has 0 aliphatic carbocycles. The van der Waals surface area contributed by atoms with E-state index in [0.717, 1.165) is 12.8 Å². The summed E-state index contributed by atoms with van der Waals surface area (Å²) in [6.07, 6.45) is 1.86. The first-order chi connectivity index (χ1) is 8.79. The molecule has 0 aromatic rings. The molecule has 0 saturated carbocycles. The Morgan fingerprint density at radius 1 is 1.26 bits per heavy atom. The number of aliphatic hydroxyl groups excluding tert-OH is 1. The Bertz CT molecular complexity index is 293. The number of nitrogens with one attached hydrogen (secondary N) is 1. The molecule has 3 amide bonds. The second-order valence-corrected chi connectivity index (χ2v) is 5.11. The molecule has 0 fully saturated rings. The zero-order valence-electron chi connectivity index (χ0n) is 12.6. The van der Waals surface area contributed by atoms with E-state index in [-0.39, 0.29) is 18.5 Å². The molecule has 2 atom stereocenters. The van der Waals surface area contributed by atoms with Gasteiger partial charge in [0.25, 0.3) is 0 Å². The highest BCUT2D eigenvalue weighted by molar-refractivity contribution is 5.86. The van der Waals surface area contributed by atoms with E-state index in [0.29, 0.717) is 6.42 Å². The first-order valence-corrected chi connectivity index (χ1v) is 6.70. The van der Waals surface area contributed by atoms with Gasteiger partial charge in [0.2, 0.25) is 5.91 Å². The molecule has 0 radical (unpaired) electrons. The van der Waals surface area contributed by atoms with Gasteiger partial charge in [-0.05, 0) is 13.3 Å². The number of carbonyl (C=O) groups excluding carboxylic acids is 2. The number of carbonyl (C=O) groups is 2. The van der Waals surface area contributed by atoms with E-state index in [9.17, 15) is 14.7 Å². The van der Waals surface area contributed by atoms with Crippen LogP contribution in [0.4, 0.5) is 4.79 Å². The van der Waals surface area contributed by atoms with Gasteiger partial charge in [0.15, 0.2) is 0 Å². The van der Waals surface area contributed by atoms with Crippen molar-refractivity contribution < 1.29 is 14.7 Å². The summed E-state index contributed by atoms with van der Waals surface area (Å²) in [5, 5.41) is 12.0. The molecule has 0 aliphatic heterocycles. The first-order valence-electron chi connectivity index (χ1n) is 6.70. The van der Waals surface area contributed by atoms with Gasteiger partial charge in [-0.1, -0.05) is 19.8 Å². The predicted octanol–water partition coefficient (Wildman–Crippen LogP) is 0.656. The molecule has 0 saturated heterocycles. The second kappa shape index (κ2) is 8.74. The number of aliphatic hydroxyl groups is 1. The molecule has 0 aromatic carbocycles. The molecule has 2 N–H and O–H groups in total. The first kappa shape index (κ1) is 17.7. The van der Waals surface area contributed by atoms with Crippen LogP contribution in [0.1, 0.15) is 33.1 Å². The maximum Gasteiger partial charge on any atom is 0.317 e. The maximum absolute atomic E-state index is 12.2. The van der Waals surface area contributed by atoms with Crippen LogP contribution in [0.2, 0.25) is 0 Å². The van der Waals surface area contributed by atoms with Gasteiger partial charge in [-0.2, -0.15) is 0 Å². The second-order valence-electron chi connectivity index (χ2n) is 5.11. The third-order valence-electron chi connectivity index (χ3n) is 2.76. The average Bonchev–Trinajstić information content (AvgIpc) is 2.32. The summed E-state index contributed by atoms with van der Waals surface area (Å²) in [7, 11) is 4.90. The Morgan fingerprint density at radius 3 is 2.26 bits per heavy atom. The van der Waals surface area contributed by atoms with Crippen LogP contribution < -0.4 is 5.32 Å². The van der Waals surface area contributed by atoms with E-state index in [2.05, 4.69) is 5.32 Å². The summed E-state index contributed by atoms with van der Waals surface area (Å²) in [5.74, 6) is -0.162. The fourth-order valence-electron chi connectivity index (χ4n) is 1.70. The molecule has 0 bridgehead atoms. The molecular formula is C13H27N3O3. The number of likely N-dealkylation sites (N-methyl/N-ethyl adjacent to an activating group) is 1. The topological polar surface area (TPSA) is 72.9 Å². The molecule has 0 aliphatic rings. The summed E-state index contributed by atoms with van der Waals surface area (Å²) < 4.78 is 0. The van der Waals surface area contributed by atoms with Crippen molar-refractivity contribution in [3.63, 3.8) is 0 Å². The maximum atomic E-state index is 12.2. The van der Waals surface area contributed by atoms with Crippen LogP contribution in [-0.2, 0) is 4.79 Å². The van der Waals surface area contributed by atoms with Gasteiger partial charge in [0.05, 0.1) is 6.10 Å². The van der Waals surface area contributed by atoms with Crippen LogP contribution in [0, 0.1) is 0 Å². The van der Waals surface area contributed by atoms with Crippen LogP contribution in [0.25, 0.3) is 0 Å². The van der Waals surface area contributed by atoms with Crippen molar-refractivity contribution >= 4 is 11.9 Å². The van der Waals surface area contributed by atoms with E-state index < -0.39 is 12.1 Å². The Hall–Kier alpha value is -1.30. The number of unbranched alkanes of at least 4 members (excludes halogenated alkanes) is 1. The van der Waals surface area contributed by atoms with Crippen LogP contribution in [0.15, 0.2) is 0 Å². The van der Waals surface area contributed by atoms with Gasteiger partial charge in [-0.25, -0.2) is 4.79 Å². The lowest BCUT2D eigenvalue weighted by molar-refractivity contribution is -0.133. The van der Waals surface area contributed by atoms with Crippen molar-refractivity contribution in [1.29, 1.82) is 0 Å². The monoisotopic (exact) mass is 273 g/mol. The minimum absolute atomic E-state index is 0.162. The molecule has 6 nitrogen and oxygen atoms in total. The zero-order valence-corrected chi connectivity index (χ0v) is 12.6. The standard InChI is InChI=1S/C13H27N3O3/c1-6-7-8-11(14-13(19)15(3)4)12(18)16(5)9-10(2)17/h10-11,17H,6-9H2,1-5H3,(H,14,19). The Balaban J connectivity index is 4.63. The highest BCUT2D eigenvalue weighted by atomic mass is 16.3. The minimum atomic E-state index is -0.578. The van der Waals surface area contributed by atoms with Crippen LogP contribution >= 0.6 is 0 Å². The van der Waals surface area contributed by atoms with Gasteiger partial charge in [-0.3, -0.25) is 4.79 Å². The third-order valence-corrected chi connectivity index (χ3v) is 2.76. The van der Waals surface area contributed by atoms with Crippen molar-refractivity contribution in [3.8, 4) is 0 Å². The number of rotatable bonds is 7. The Labute approximate surface area is 115 Å². The highest BCUT2D eigenvalue weighted by Crippen LogP contribution is 2.05. The fourth-order valence-corrected chi connectivity index (χ4v) is 1.70. The normalized spacial score (nSPS) is 13.6. The Kier molecular flexibility index (Phi) is 8.14. The minimum Gasteiger partial charge on any atom is -0.392 e. The predicted molar refractivity (Wildman–Crippen MR) is 74.8 cm³/mol. The van der Waals surface area contributed by atoms with Crippen molar-refractivity contribution in [1.82, 2.24) is 15.1 Å². The van der Waals surface area contributed by atoms with Crippen LogP contribution in [-0.4, -0.2) is 66.7 Å². The zero-order chi connectivity index (χ0) is 15.0. The van der Waals surface area contributed by atoms with Crippen molar-refractivity contribution in [2.75, 3.05) is 27.7 Å². The third kappa shape index (κ3) is 7.00. The molecule has 0 rings (SSSR count). The van der Waals surface area contributed by atoms with Crippen molar-refractivity contribution in [3.05, 3.63) is 0 Å². The van der Waals surface area contributed by atoms with Gasteiger partial charge in [-0.15, -0.1) is 0 Å². The number of hydrogen-bond acceptors (Lipinski definition) is 3. The number of amides is 3. The number of urea groups is 1. The van der Waals surface area contributed by atoms with Crippen LogP contribution in [0.5, 0.6) is 0 Å². The smallest absolute Gasteiger partial charge is 0.317 e. The molecule has 2 unspecified atom stereocenters. The van der Waals surface area contributed by atoms with Gasteiger partial charge in [0, 0.05) is 27.7 Å². The summed E-state index contributed by atoms with van der Waals surface area (Å²) in [4.78, 5) is 26.7. The molecule has 112 valence electrons. The lowest BCUT2D eigenvalue weighted by Crippen LogP contribution is -2.51. The lowest BCUT2D eigenvalue weighted by Gasteiger charge is -2.26. The van der Waals surface area contributed by atoms with Crippen molar-refractivity contribution in [2.24, 2.45) is 0 Å². The summed E-state index contributed by atoms with van der Waals surface area (Å²) in [6, 6.07) is -0.807. The van der Waals surface area contributed by atoms with Crippen molar-refractivity contribution in [2.45, 2.75) is 45.3 Å². The largest absolute Gasteiger partial charge is 0.392 e. The van der Waals surface area contributed by atoms with Gasteiger partial charge < -0.3 is 20.2 Å². The fraction of sp³-hybridized carbons (Fsp3) is 0.846. The summed E-state index contributed by atoms with van der Waals surface area (Å²) in [6.45, 7) is 3.93. The van der Waals surface area contributed by atoms with E-state index in [1.165, 1.54) is 9.80 Å². The molecular weight excluding hydrogens is 246 g/mol. The highest BCUT2D eigenvalue weighted by Gasteiger charge is 2.24. The van der Waals surface area contributed by atoms with E-state index >= 15 is 0 Å². The molecule has 0 aromatic heterocycles. The molecule has 19 heavy (non-hydrogen) atoms. The SMILES string of the molecule is CCCCC(NC(=O)N(C)C)C(=O)N(C)CC(C)O. The van der Waals surface area contributed by atoms with Gasteiger partial charge >= 0.3 is 6.03 Å². The number of hydrogen-bond donors (Lipinski definition) is 2. The summed E-state index contributed by atoms with van der Waals surface area (Å²) >= 11 is 0. The molecule has 6 heteroatoms. The molecule has 0 spiro atoms. The number of nitrogens with zero attached hydrogens (tertiary/aromatic N) is 2. The lowest BCUT2D eigenvalue weighted by atomic mass is 10.1. The average molecular weight is 273 g/mol. The van der Waals surface area contributed by atoms with E-state index in [1.807, 2.05) is 6.92 Å².